The third kappa shape index (κ3) is 5.91. The lowest BCUT2D eigenvalue weighted by Gasteiger charge is -2.08. The first kappa shape index (κ1) is 9.78. The van der Waals surface area contributed by atoms with Crippen LogP contribution in [0.4, 0.5) is 0 Å². The molecule has 4 heteroatoms. The zero-order valence-electron chi connectivity index (χ0n) is 6.29. The average Bonchev–Trinajstić information content (AvgIpc) is 1.87. The van der Waals surface area contributed by atoms with E-state index in [-0.39, 0.29) is 0 Å². The van der Waals surface area contributed by atoms with Crippen molar-refractivity contribution in [1.82, 2.24) is 4.90 Å². The van der Waals surface area contributed by atoms with Crippen LogP contribution in [0.25, 0.3) is 0 Å². The van der Waals surface area contributed by atoms with Crippen molar-refractivity contribution in [2.45, 2.75) is 6.42 Å². The Labute approximate surface area is 64.6 Å². The minimum atomic E-state index is -0.740. The van der Waals surface area contributed by atoms with Crippen molar-refractivity contribution in [1.29, 1.82) is 0 Å². The summed E-state index contributed by atoms with van der Waals surface area (Å²) in [4.78, 5) is 11.3. The number of rotatable bonds is 5. The van der Waals surface area contributed by atoms with E-state index in [9.17, 15) is 9.35 Å². The van der Waals surface area contributed by atoms with Gasteiger partial charge < -0.3 is 9.45 Å². The Morgan fingerprint density at radius 2 is 2.30 bits per heavy atom. The summed E-state index contributed by atoms with van der Waals surface area (Å²) in [5.41, 5.74) is 0. The predicted molar refractivity (Wildman–Crippen MR) is 41.9 cm³/mol. The van der Waals surface area contributed by atoms with Gasteiger partial charge in [0.15, 0.2) is 0 Å². The van der Waals surface area contributed by atoms with Crippen LogP contribution in [0.1, 0.15) is 6.42 Å². The van der Waals surface area contributed by atoms with Gasteiger partial charge in [-0.3, -0.25) is 4.79 Å². The summed E-state index contributed by atoms with van der Waals surface area (Å²) in [6, 6.07) is 0. The van der Waals surface area contributed by atoms with Gasteiger partial charge in [-0.25, -0.2) is 0 Å². The lowest BCUT2D eigenvalue weighted by Crippen LogP contribution is -2.19. The van der Waals surface area contributed by atoms with Crippen molar-refractivity contribution in [2.75, 3.05) is 25.6 Å². The molecule has 0 N–H and O–H groups in total. The van der Waals surface area contributed by atoms with Gasteiger partial charge >= 0.3 is 6.41 Å². The molecular formula is C6H12NO2S. The first-order valence-electron chi connectivity index (χ1n) is 3.05. The maximum atomic E-state index is 10.5. The van der Waals surface area contributed by atoms with Crippen LogP contribution in [-0.2, 0) is 16.0 Å². The van der Waals surface area contributed by atoms with E-state index in [1.165, 1.54) is 4.90 Å². The van der Waals surface area contributed by atoms with Crippen LogP contribution in [0.15, 0.2) is 0 Å². The van der Waals surface area contributed by atoms with E-state index in [1.807, 2.05) is 0 Å². The van der Waals surface area contributed by atoms with Crippen LogP contribution in [0.5, 0.6) is 0 Å². The average molecular weight is 162 g/mol. The Morgan fingerprint density at radius 3 is 2.70 bits per heavy atom. The quantitative estimate of drug-likeness (QED) is 0.413. The highest BCUT2D eigenvalue weighted by Crippen LogP contribution is 1.89. The standard InChI is InChI=1S/C6H12NO2S/c1-7(6-8)4-3-5-10(2)9/h3-5H2,1-2H3. The molecule has 1 amide bonds. The molecule has 10 heavy (non-hydrogen) atoms. The largest absolute Gasteiger partial charge is 0.617 e. The van der Waals surface area contributed by atoms with Crippen molar-refractivity contribution >= 4 is 17.6 Å². The van der Waals surface area contributed by atoms with Crippen LogP contribution in [-0.4, -0.2) is 41.5 Å². The Balaban J connectivity index is 3.11. The van der Waals surface area contributed by atoms with E-state index in [4.69, 9.17) is 0 Å². The minimum Gasteiger partial charge on any atom is -0.617 e. The van der Waals surface area contributed by atoms with E-state index in [1.54, 1.807) is 19.7 Å². The summed E-state index contributed by atoms with van der Waals surface area (Å²) in [5, 5.41) is 0. The van der Waals surface area contributed by atoms with Gasteiger partial charge in [0.2, 0.25) is 0 Å². The van der Waals surface area contributed by atoms with Gasteiger partial charge in [-0.1, -0.05) is 11.2 Å². The highest BCUT2D eigenvalue weighted by Gasteiger charge is 1.98. The van der Waals surface area contributed by atoms with Crippen molar-refractivity contribution in [3.8, 4) is 0 Å². The predicted octanol–water partition coefficient (Wildman–Crippen LogP) is -0.246. The SMILES string of the molecule is CN([C]=O)CCC[S+](C)[O-]. The minimum absolute atomic E-state index is 0.642. The van der Waals surface area contributed by atoms with E-state index < -0.39 is 11.2 Å². The summed E-state index contributed by atoms with van der Waals surface area (Å²) >= 11 is -0.740. The molecule has 3 nitrogen and oxygen atoms in total. The second-order valence-corrected chi connectivity index (χ2v) is 3.70. The number of amides is 1. The molecule has 0 aliphatic rings. The molecule has 0 saturated heterocycles. The molecule has 0 aromatic carbocycles. The first-order chi connectivity index (χ1) is 4.66. The molecule has 0 aliphatic heterocycles. The van der Waals surface area contributed by atoms with E-state index in [0.29, 0.717) is 12.3 Å². The first-order valence-corrected chi connectivity index (χ1v) is 4.78. The fourth-order valence-corrected chi connectivity index (χ4v) is 1.09. The second-order valence-electron chi connectivity index (χ2n) is 2.14. The van der Waals surface area contributed by atoms with Crippen molar-refractivity contribution < 1.29 is 9.35 Å². The van der Waals surface area contributed by atoms with Gasteiger partial charge in [0.25, 0.3) is 0 Å². The summed E-state index contributed by atoms with van der Waals surface area (Å²) in [6.07, 6.45) is 4.17. The smallest absolute Gasteiger partial charge is 0.311 e. The lowest BCUT2D eigenvalue weighted by molar-refractivity contribution is 0.433. The number of hydrogen-bond acceptors (Lipinski definition) is 2. The molecular weight excluding hydrogens is 150 g/mol. The third-order valence-electron chi connectivity index (χ3n) is 1.08. The monoisotopic (exact) mass is 162 g/mol. The van der Waals surface area contributed by atoms with Gasteiger partial charge in [0.1, 0.15) is 5.75 Å². The van der Waals surface area contributed by atoms with Gasteiger partial charge in [-0.15, -0.1) is 0 Å². The van der Waals surface area contributed by atoms with Crippen LogP contribution in [0.2, 0.25) is 0 Å². The van der Waals surface area contributed by atoms with Crippen LogP contribution in [0.3, 0.4) is 0 Å². The molecule has 1 atom stereocenters. The van der Waals surface area contributed by atoms with Crippen LogP contribution in [0, 0.1) is 0 Å². The van der Waals surface area contributed by atoms with E-state index >= 15 is 0 Å². The molecule has 0 fully saturated rings. The Bertz CT molecular complexity index is 97.7. The van der Waals surface area contributed by atoms with Crippen LogP contribution < -0.4 is 0 Å². The Hall–Kier alpha value is -0.220. The molecule has 0 aromatic rings. The number of nitrogens with zero attached hydrogens (tertiary/aromatic N) is 1. The molecule has 0 saturated carbocycles. The molecule has 59 valence electrons. The van der Waals surface area contributed by atoms with Crippen molar-refractivity contribution in [3.05, 3.63) is 0 Å². The zero-order valence-corrected chi connectivity index (χ0v) is 7.11. The third-order valence-corrected chi connectivity index (χ3v) is 1.94. The van der Waals surface area contributed by atoms with Crippen molar-refractivity contribution in [2.24, 2.45) is 0 Å². The molecule has 0 heterocycles. The molecule has 0 aliphatic carbocycles. The Kier molecular flexibility index (Phi) is 5.43. The molecule has 1 unspecified atom stereocenters. The lowest BCUT2D eigenvalue weighted by atomic mass is 10.5. The second kappa shape index (κ2) is 5.56. The van der Waals surface area contributed by atoms with Gasteiger partial charge in [-0.2, -0.15) is 0 Å². The highest BCUT2D eigenvalue weighted by atomic mass is 32.2. The maximum absolute atomic E-state index is 10.5. The summed E-state index contributed by atoms with van der Waals surface area (Å²) < 4.78 is 10.5. The summed E-state index contributed by atoms with van der Waals surface area (Å²) in [5.74, 6) is 0.659. The summed E-state index contributed by atoms with van der Waals surface area (Å²) in [7, 11) is 1.66. The fraction of sp³-hybridized carbons (Fsp3) is 0.833. The number of carbonyl (C=O) groups excluding carboxylic acids is 1. The summed E-state index contributed by atoms with van der Waals surface area (Å²) in [6.45, 7) is 0.642. The fourth-order valence-electron chi connectivity index (χ4n) is 0.551. The van der Waals surface area contributed by atoms with E-state index in [2.05, 4.69) is 0 Å². The molecule has 0 spiro atoms. The maximum Gasteiger partial charge on any atom is 0.311 e. The normalized spacial score (nSPS) is 12.7. The van der Waals surface area contributed by atoms with Crippen LogP contribution >= 0.6 is 0 Å². The molecule has 0 bridgehead atoms. The van der Waals surface area contributed by atoms with Crippen molar-refractivity contribution in [3.63, 3.8) is 0 Å². The van der Waals surface area contributed by atoms with Gasteiger partial charge in [0.05, 0.1) is 6.26 Å². The topological polar surface area (TPSA) is 43.4 Å². The molecule has 1 radical (unpaired) electrons. The highest BCUT2D eigenvalue weighted by molar-refractivity contribution is 7.90. The number of hydrogen-bond donors (Lipinski definition) is 0. The van der Waals surface area contributed by atoms with Gasteiger partial charge in [0, 0.05) is 20.0 Å². The molecule has 0 aromatic heterocycles. The Morgan fingerprint density at radius 1 is 1.70 bits per heavy atom. The van der Waals surface area contributed by atoms with Gasteiger partial charge in [-0.05, 0) is 0 Å². The molecule has 0 rings (SSSR count). The van der Waals surface area contributed by atoms with E-state index in [0.717, 1.165) is 6.42 Å². The zero-order chi connectivity index (χ0) is 7.98.